The maximum atomic E-state index is 6.21. The highest BCUT2D eigenvalue weighted by Gasteiger charge is 2.24. The molecule has 3 nitrogen and oxygen atoms in total. The molecule has 0 spiro atoms. The second-order valence-electron chi connectivity index (χ2n) is 4.95. The van der Waals surface area contributed by atoms with E-state index < -0.39 is 0 Å². The lowest BCUT2D eigenvalue weighted by molar-refractivity contribution is 0.175. The van der Waals surface area contributed by atoms with Gasteiger partial charge in [0.25, 0.3) is 0 Å². The Morgan fingerprint density at radius 1 is 1.05 bits per heavy atom. The molecule has 1 aromatic rings. The van der Waals surface area contributed by atoms with Gasteiger partial charge in [-0.15, -0.1) is 0 Å². The Bertz CT molecular complexity index is 393. The van der Waals surface area contributed by atoms with Crippen molar-refractivity contribution in [1.82, 2.24) is 9.88 Å². The Morgan fingerprint density at radius 2 is 1.58 bits per heavy atom. The number of piperazine rings is 1. The fourth-order valence-corrected chi connectivity index (χ4v) is 3.43. The topological polar surface area (TPSA) is 19.4 Å². The Labute approximate surface area is 125 Å². The highest BCUT2D eigenvalue weighted by atomic mass is 35.5. The molecule has 2 rings (SSSR count). The van der Waals surface area contributed by atoms with Crippen molar-refractivity contribution in [3.05, 3.63) is 22.4 Å². The normalized spacial score (nSPS) is 17.2. The number of halogens is 2. The van der Waals surface area contributed by atoms with Crippen LogP contribution in [0.4, 0.5) is 5.69 Å². The van der Waals surface area contributed by atoms with Crippen molar-refractivity contribution in [2.75, 3.05) is 31.1 Å². The lowest BCUT2D eigenvalue weighted by Gasteiger charge is -2.40. The minimum Gasteiger partial charge on any atom is -0.366 e. The lowest BCUT2D eigenvalue weighted by Crippen LogP contribution is -2.50. The van der Waals surface area contributed by atoms with Crippen molar-refractivity contribution in [3.8, 4) is 0 Å². The Balaban J connectivity index is 2.04. The first-order valence-electron chi connectivity index (χ1n) is 6.95. The summed E-state index contributed by atoms with van der Waals surface area (Å²) >= 11 is 12.4. The molecule has 19 heavy (non-hydrogen) atoms. The summed E-state index contributed by atoms with van der Waals surface area (Å²) in [6.45, 7) is 8.61. The van der Waals surface area contributed by atoms with E-state index >= 15 is 0 Å². The van der Waals surface area contributed by atoms with Gasteiger partial charge in [0.2, 0.25) is 0 Å². The van der Waals surface area contributed by atoms with E-state index in [2.05, 4.69) is 28.6 Å². The molecule has 0 bridgehead atoms. The molecule has 1 saturated heterocycles. The second kappa shape index (κ2) is 6.78. The van der Waals surface area contributed by atoms with Gasteiger partial charge in [0, 0.05) is 44.6 Å². The summed E-state index contributed by atoms with van der Waals surface area (Å²) in [5, 5.41) is 1.28. The predicted octanol–water partition coefficient (Wildman–Crippen LogP) is 3.70. The van der Waals surface area contributed by atoms with Crippen molar-refractivity contribution >= 4 is 28.9 Å². The SMILES string of the molecule is CCC(CC)N1CCN(c2c(Cl)cncc2Cl)CC1. The standard InChI is InChI=1S/C14H21Cl2N3/c1-3-11(4-2)18-5-7-19(8-6-18)14-12(15)9-17-10-13(14)16/h9-11H,3-8H2,1-2H3. The van der Waals surface area contributed by atoms with Gasteiger partial charge in [-0.2, -0.15) is 0 Å². The van der Waals surface area contributed by atoms with Gasteiger partial charge < -0.3 is 4.90 Å². The molecule has 5 heteroatoms. The van der Waals surface area contributed by atoms with Gasteiger partial charge in [0.1, 0.15) is 0 Å². The van der Waals surface area contributed by atoms with Gasteiger partial charge in [0.05, 0.1) is 15.7 Å². The minimum atomic E-state index is 0.642. The highest BCUT2D eigenvalue weighted by molar-refractivity contribution is 6.38. The van der Waals surface area contributed by atoms with E-state index in [0.29, 0.717) is 16.1 Å². The van der Waals surface area contributed by atoms with Gasteiger partial charge in [0.15, 0.2) is 0 Å². The van der Waals surface area contributed by atoms with Crippen LogP contribution in [0.5, 0.6) is 0 Å². The minimum absolute atomic E-state index is 0.642. The van der Waals surface area contributed by atoms with Crippen LogP contribution in [0.25, 0.3) is 0 Å². The van der Waals surface area contributed by atoms with Crippen LogP contribution in [0.2, 0.25) is 10.0 Å². The van der Waals surface area contributed by atoms with Crippen LogP contribution in [0.3, 0.4) is 0 Å². The van der Waals surface area contributed by atoms with Gasteiger partial charge >= 0.3 is 0 Å². The molecule has 1 aromatic heterocycles. The van der Waals surface area contributed by atoms with Crippen LogP contribution in [-0.2, 0) is 0 Å². The maximum Gasteiger partial charge on any atom is 0.0838 e. The van der Waals surface area contributed by atoms with Crippen molar-refractivity contribution in [1.29, 1.82) is 0 Å². The summed E-state index contributed by atoms with van der Waals surface area (Å²) in [4.78, 5) is 8.85. The fourth-order valence-electron chi connectivity index (χ4n) is 2.82. The second-order valence-corrected chi connectivity index (χ2v) is 5.76. The van der Waals surface area contributed by atoms with Gasteiger partial charge in [-0.25, -0.2) is 0 Å². The molecule has 0 aliphatic carbocycles. The summed E-state index contributed by atoms with van der Waals surface area (Å²) in [6.07, 6.45) is 5.76. The molecule has 0 N–H and O–H groups in total. The third kappa shape index (κ3) is 3.33. The highest BCUT2D eigenvalue weighted by Crippen LogP contribution is 2.33. The first-order chi connectivity index (χ1) is 9.17. The molecule has 1 aliphatic rings. The summed E-state index contributed by atoms with van der Waals surface area (Å²) in [5.41, 5.74) is 0.933. The van der Waals surface area contributed by atoms with Crippen LogP contribution < -0.4 is 4.90 Å². The number of hydrogen-bond acceptors (Lipinski definition) is 3. The third-order valence-corrected chi connectivity index (χ3v) is 4.47. The summed E-state index contributed by atoms with van der Waals surface area (Å²) in [6, 6.07) is 0.700. The summed E-state index contributed by atoms with van der Waals surface area (Å²) < 4.78 is 0. The zero-order chi connectivity index (χ0) is 13.8. The molecular formula is C14H21Cl2N3. The van der Waals surface area contributed by atoms with E-state index in [1.807, 2.05) is 0 Å². The molecule has 0 saturated carbocycles. The van der Waals surface area contributed by atoms with E-state index in [1.165, 1.54) is 12.8 Å². The van der Waals surface area contributed by atoms with E-state index in [0.717, 1.165) is 31.9 Å². The molecule has 0 amide bonds. The monoisotopic (exact) mass is 301 g/mol. The zero-order valence-electron chi connectivity index (χ0n) is 11.6. The molecule has 2 heterocycles. The van der Waals surface area contributed by atoms with Gasteiger partial charge in [-0.05, 0) is 12.8 Å². The Kier molecular flexibility index (Phi) is 5.31. The smallest absolute Gasteiger partial charge is 0.0838 e. The predicted molar refractivity (Wildman–Crippen MR) is 82.4 cm³/mol. The zero-order valence-corrected chi connectivity index (χ0v) is 13.1. The first-order valence-corrected chi connectivity index (χ1v) is 7.71. The van der Waals surface area contributed by atoms with Gasteiger partial charge in [-0.3, -0.25) is 9.88 Å². The Morgan fingerprint density at radius 3 is 2.05 bits per heavy atom. The average Bonchev–Trinajstić information content (AvgIpc) is 2.41. The molecule has 0 radical (unpaired) electrons. The van der Waals surface area contributed by atoms with E-state index in [4.69, 9.17) is 23.2 Å². The van der Waals surface area contributed by atoms with Crippen molar-refractivity contribution in [3.63, 3.8) is 0 Å². The number of nitrogens with zero attached hydrogens (tertiary/aromatic N) is 3. The van der Waals surface area contributed by atoms with Crippen LogP contribution in [0.1, 0.15) is 26.7 Å². The molecule has 0 aromatic carbocycles. The molecule has 1 fully saturated rings. The van der Waals surface area contributed by atoms with Crippen molar-refractivity contribution in [2.45, 2.75) is 32.7 Å². The van der Waals surface area contributed by atoms with Crippen molar-refractivity contribution < 1.29 is 0 Å². The van der Waals surface area contributed by atoms with Crippen molar-refractivity contribution in [2.24, 2.45) is 0 Å². The summed E-state index contributed by atoms with van der Waals surface area (Å²) in [7, 11) is 0. The van der Waals surface area contributed by atoms with Crippen LogP contribution >= 0.6 is 23.2 Å². The number of hydrogen-bond donors (Lipinski definition) is 0. The number of pyridine rings is 1. The van der Waals surface area contributed by atoms with E-state index in [9.17, 15) is 0 Å². The third-order valence-electron chi connectivity index (χ3n) is 3.92. The molecule has 106 valence electrons. The Hall–Kier alpha value is -0.510. The van der Waals surface area contributed by atoms with Crippen LogP contribution in [0, 0.1) is 0 Å². The van der Waals surface area contributed by atoms with E-state index in [1.54, 1.807) is 12.4 Å². The van der Waals surface area contributed by atoms with Gasteiger partial charge in [-0.1, -0.05) is 37.0 Å². The lowest BCUT2D eigenvalue weighted by atomic mass is 10.1. The number of aromatic nitrogens is 1. The van der Waals surface area contributed by atoms with Crippen LogP contribution in [-0.4, -0.2) is 42.1 Å². The molecule has 0 atom stereocenters. The largest absolute Gasteiger partial charge is 0.366 e. The summed E-state index contributed by atoms with van der Waals surface area (Å²) in [5.74, 6) is 0. The molecule has 1 aliphatic heterocycles. The maximum absolute atomic E-state index is 6.21. The number of anilines is 1. The first kappa shape index (κ1) is 14.9. The average molecular weight is 302 g/mol. The quantitative estimate of drug-likeness (QED) is 0.845. The molecular weight excluding hydrogens is 281 g/mol. The van der Waals surface area contributed by atoms with E-state index in [-0.39, 0.29) is 0 Å². The number of rotatable bonds is 4. The fraction of sp³-hybridized carbons (Fsp3) is 0.643. The molecule has 0 unspecified atom stereocenters. The van der Waals surface area contributed by atoms with Crippen LogP contribution in [0.15, 0.2) is 12.4 Å².